The second-order valence-electron chi connectivity index (χ2n) is 5.57. The number of methoxy groups -OCH3 is 1. The van der Waals surface area contributed by atoms with Crippen LogP contribution in [-0.2, 0) is 4.74 Å². The zero-order valence-corrected chi connectivity index (χ0v) is 14.9. The van der Waals surface area contributed by atoms with Gasteiger partial charge < -0.3 is 9.47 Å². The van der Waals surface area contributed by atoms with Gasteiger partial charge in [0, 0.05) is 5.02 Å². The molecular formula is C19H13ClN4O3. The van der Waals surface area contributed by atoms with Gasteiger partial charge in [-0.25, -0.2) is 19.4 Å². The molecule has 2 aromatic carbocycles. The van der Waals surface area contributed by atoms with Crippen LogP contribution in [0.1, 0.15) is 10.4 Å². The van der Waals surface area contributed by atoms with Crippen molar-refractivity contribution in [3.63, 3.8) is 0 Å². The number of nitrogens with zero attached hydrogens (tertiary/aromatic N) is 4. The largest absolute Gasteiger partial charge is 0.465 e. The fourth-order valence-electron chi connectivity index (χ4n) is 2.59. The Balaban J connectivity index is 1.68. The molecule has 0 amide bonds. The van der Waals surface area contributed by atoms with Gasteiger partial charge in [-0.3, -0.25) is 0 Å². The molecule has 134 valence electrons. The van der Waals surface area contributed by atoms with Crippen LogP contribution in [0.3, 0.4) is 0 Å². The van der Waals surface area contributed by atoms with Gasteiger partial charge in [-0.1, -0.05) is 17.7 Å². The smallest absolute Gasteiger partial charge is 0.337 e. The average molecular weight is 381 g/mol. The summed E-state index contributed by atoms with van der Waals surface area (Å²) >= 11 is 6.07. The van der Waals surface area contributed by atoms with E-state index in [1.54, 1.807) is 47.3 Å². The minimum absolute atomic E-state index is 0.360. The van der Waals surface area contributed by atoms with Gasteiger partial charge in [0.2, 0.25) is 5.88 Å². The van der Waals surface area contributed by atoms with E-state index in [4.69, 9.17) is 16.3 Å². The molecule has 4 aromatic rings. The minimum Gasteiger partial charge on any atom is -0.465 e. The first kappa shape index (κ1) is 17.0. The van der Waals surface area contributed by atoms with Crippen LogP contribution < -0.4 is 4.74 Å². The molecule has 0 bridgehead atoms. The van der Waals surface area contributed by atoms with Crippen LogP contribution in [0.15, 0.2) is 61.1 Å². The molecule has 0 saturated heterocycles. The number of carbonyl (C=O) groups excluding carboxylic acids is 1. The summed E-state index contributed by atoms with van der Waals surface area (Å²) in [5.74, 6) is 0.478. The molecule has 27 heavy (non-hydrogen) atoms. The van der Waals surface area contributed by atoms with Crippen LogP contribution >= 0.6 is 11.6 Å². The van der Waals surface area contributed by atoms with E-state index in [0.717, 1.165) is 5.69 Å². The molecule has 0 saturated carbocycles. The van der Waals surface area contributed by atoms with Crippen molar-refractivity contribution in [1.29, 1.82) is 0 Å². The zero-order chi connectivity index (χ0) is 18.8. The van der Waals surface area contributed by atoms with Crippen molar-refractivity contribution in [1.82, 2.24) is 19.7 Å². The Morgan fingerprint density at radius 1 is 1.11 bits per heavy atom. The molecule has 0 radical (unpaired) electrons. The lowest BCUT2D eigenvalue weighted by Crippen LogP contribution is -2.00. The van der Waals surface area contributed by atoms with Crippen molar-refractivity contribution >= 4 is 28.6 Å². The Labute approximate surface area is 159 Å². The highest BCUT2D eigenvalue weighted by Gasteiger charge is 2.13. The van der Waals surface area contributed by atoms with E-state index in [9.17, 15) is 4.79 Å². The third-order valence-corrected chi connectivity index (χ3v) is 4.11. The standard InChI is InChI=1S/C19H13ClN4O3/c1-26-19(25)12-5-7-15(8-6-12)27-18-16-10-23-24(17(16)21-11-22-18)14-4-2-3-13(20)9-14/h2-11H,1H3. The highest BCUT2D eigenvalue weighted by Crippen LogP contribution is 2.28. The van der Waals surface area contributed by atoms with E-state index in [1.807, 2.05) is 12.1 Å². The lowest BCUT2D eigenvalue weighted by atomic mass is 10.2. The molecule has 8 heteroatoms. The van der Waals surface area contributed by atoms with E-state index in [0.29, 0.717) is 33.2 Å². The maximum absolute atomic E-state index is 11.5. The SMILES string of the molecule is COC(=O)c1ccc(Oc2ncnc3c2cnn3-c2cccc(Cl)c2)cc1. The molecule has 7 nitrogen and oxygen atoms in total. The molecule has 0 atom stereocenters. The highest BCUT2D eigenvalue weighted by molar-refractivity contribution is 6.30. The molecule has 4 rings (SSSR count). The number of carbonyl (C=O) groups is 1. The number of halogens is 1. The Hall–Kier alpha value is -3.45. The number of benzene rings is 2. The van der Waals surface area contributed by atoms with Crippen LogP contribution in [0, 0.1) is 0 Å². The van der Waals surface area contributed by atoms with E-state index in [2.05, 4.69) is 19.8 Å². The first-order valence-electron chi connectivity index (χ1n) is 7.96. The predicted molar refractivity (Wildman–Crippen MR) is 99.5 cm³/mol. The molecule has 0 N–H and O–H groups in total. The van der Waals surface area contributed by atoms with Crippen LogP contribution in [-0.4, -0.2) is 32.8 Å². The maximum Gasteiger partial charge on any atom is 0.337 e. The fourth-order valence-corrected chi connectivity index (χ4v) is 2.77. The first-order chi connectivity index (χ1) is 13.2. The van der Waals surface area contributed by atoms with E-state index >= 15 is 0 Å². The second-order valence-corrected chi connectivity index (χ2v) is 6.01. The highest BCUT2D eigenvalue weighted by atomic mass is 35.5. The van der Waals surface area contributed by atoms with Gasteiger partial charge in [-0.05, 0) is 42.5 Å². The van der Waals surface area contributed by atoms with Crippen LogP contribution in [0.2, 0.25) is 5.02 Å². The summed E-state index contributed by atoms with van der Waals surface area (Å²) in [5, 5.41) is 5.62. The van der Waals surface area contributed by atoms with E-state index in [1.165, 1.54) is 13.4 Å². The summed E-state index contributed by atoms with van der Waals surface area (Å²) in [7, 11) is 1.34. The number of fused-ring (bicyclic) bond motifs is 1. The Bertz CT molecular complexity index is 1130. The molecule has 0 aliphatic heterocycles. The van der Waals surface area contributed by atoms with Gasteiger partial charge in [0.25, 0.3) is 0 Å². The van der Waals surface area contributed by atoms with Gasteiger partial charge in [0.1, 0.15) is 17.5 Å². The van der Waals surface area contributed by atoms with Gasteiger partial charge in [0.05, 0.1) is 24.6 Å². The monoisotopic (exact) mass is 380 g/mol. The van der Waals surface area contributed by atoms with Crippen LogP contribution in [0.25, 0.3) is 16.7 Å². The minimum atomic E-state index is -0.409. The van der Waals surface area contributed by atoms with Crippen LogP contribution in [0.4, 0.5) is 0 Å². The third kappa shape index (κ3) is 3.32. The summed E-state index contributed by atoms with van der Waals surface area (Å²) in [4.78, 5) is 20.0. The Kier molecular flexibility index (Phi) is 4.43. The van der Waals surface area contributed by atoms with E-state index in [-0.39, 0.29) is 0 Å². The molecule has 2 aromatic heterocycles. The molecule has 0 aliphatic rings. The number of hydrogen-bond acceptors (Lipinski definition) is 6. The number of rotatable bonds is 4. The molecule has 0 fully saturated rings. The Morgan fingerprint density at radius 2 is 1.93 bits per heavy atom. The van der Waals surface area contributed by atoms with Crippen molar-refractivity contribution in [3.8, 4) is 17.3 Å². The van der Waals surface area contributed by atoms with Gasteiger partial charge >= 0.3 is 5.97 Å². The van der Waals surface area contributed by atoms with Crippen molar-refractivity contribution < 1.29 is 14.3 Å². The number of hydrogen-bond donors (Lipinski definition) is 0. The van der Waals surface area contributed by atoms with E-state index < -0.39 is 5.97 Å². The quantitative estimate of drug-likeness (QED) is 0.497. The lowest BCUT2D eigenvalue weighted by Gasteiger charge is -2.07. The summed E-state index contributed by atoms with van der Waals surface area (Å²) in [6.45, 7) is 0. The lowest BCUT2D eigenvalue weighted by molar-refractivity contribution is 0.0600. The molecule has 0 spiro atoms. The number of aromatic nitrogens is 4. The van der Waals surface area contributed by atoms with Gasteiger partial charge in [0.15, 0.2) is 5.65 Å². The maximum atomic E-state index is 11.5. The molecular weight excluding hydrogens is 368 g/mol. The summed E-state index contributed by atoms with van der Waals surface area (Å²) in [6.07, 6.45) is 3.04. The Morgan fingerprint density at radius 3 is 2.67 bits per heavy atom. The summed E-state index contributed by atoms with van der Waals surface area (Å²) < 4.78 is 12.2. The van der Waals surface area contributed by atoms with Crippen molar-refractivity contribution in [2.24, 2.45) is 0 Å². The summed E-state index contributed by atoms with van der Waals surface area (Å²) in [5.41, 5.74) is 1.81. The molecule has 2 heterocycles. The average Bonchev–Trinajstić information content (AvgIpc) is 3.13. The molecule has 0 aliphatic carbocycles. The number of esters is 1. The van der Waals surface area contributed by atoms with Crippen molar-refractivity contribution in [2.75, 3.05) is 7.11 Å². The molecule has 0 unspecified atom stereocenters. The fraction of sp³-hybridized carbons (Fsp3) is 0.0526. The first-order valence-corrected chi connectivity index (χ1v) is 8.34. The third-order valence-electron chi connectivity index (χ3n) is 3.87. The summed E-state index contributed by atoms with van der Waals surface area (Å²) in [6, 6.07) is 13.9. The van der Waals surface area contributed by atoms with Gasteiger partial charge in [-0.2, -0.15) is 5.10 Å². The zero-order valence-electron chi connectivity index (χ0n) is 14.2. The van der Waals surface area contributed by atoms with Crippen molar-refractivity contribution in [3.05, 3.63) is 71.6 Å². The number of ether oxygens (including phenoxy) is 2. The predicted octanol–water partition coefficient (Wildman–Crippen LogP) is 4.05. The van der Waals surface area contributed by atoms with Crippen molar-refractivity contribution in [2.45, 2.75) is 0 Å². The second kappa shape index (κ2) is 7.05. The normalized spacial score (nSPS) is 10.7. The van der Waals surface area contributed by atoms with Crippen LogP contribution in [0.5, 0.6) is 11.6 Å². The topological polar surface area (TPSA) is 79.1 Å². The van der Waals surface area contributed by atoms with Gasteiger partial charge in [-0.15, -0.1) is 0 Å².